The third kappa shape index (κ3) is 4.81. The van der Waals surface area contributed by atoms with Gasteiger partial charge < -0.3 is 10.6 Å². The average molecular weight is 292 g/mol. The molecule has 3 nitrogen and oxygen atoms in total. The summed E-state index contributed by atoms with van der Waals surface area (Å²) in [5.41, 5.74) is 0.643. The molecule has 0 aromatic heterocycles. The van der Waals surface area contributed by atoms with Gasteiger partial charge in [-0.15, -0.1) is 0 Å². The second-order valence-electron chi connectivity index (χ2n) is 6.89. The molecule has 4 heteroatoms. The molecule has 1 aliphatic rings. The van der Waals surface area contributed by atoms with Crippen LogP contribution in [0, 0.1) is 5.82 Å². The Morgan fingerprint density at radius 3 is 2.57 bits per heavy atom. The first-order valence-electron chi connectivity index (χ1n) is 7.64. The summed E-state index contributed by atoms with van der Waals surface area (Å²) in [6, 6.07) is 7.40. The molecule has 0 unspecified atom stereocenters. The van der Waals surface area contributed by atoms with Crippen LogP contribution in [0.4, 0.5) is 4.39 Å². The van der Waals surface area contributed by atoms with Crippen molar-refractivity contribution >= 4 is 5.91 Å². The number of carbonyl (C=O) groups excluding carboxylic acids is 1. The fourth-order valence-electron chi connectivity index (χ4n) is 2.72. The molecule has 0 saturated heterocycles. The van der Waals surface area contributed by atoms with Crippen LogP contribution in [0.15, 0.2) is 24.3 Å². The maximum absolute atomic E-state index is 13.6. The molecular formula is C17H25FN2O. The van der Waals surface area contributed by atoms with E-state index < -0.39 is 0 Å². The van der Waals surface area contributed by atoms with E-state index in [4.69, 9.17) is 0 Å². The Kier molecular flexibility index (Phi) is 4.99. The second kappa shape index (κ2) is 6.56. The van der Waals surface area contributed by atoms with Crippen molar-refractivity contribution < 1.29 is 9.18 Å². The molecule has 0 atom stereocenters. The number of hydrogen-bond acceptors (Lipinski definition) is 2. The van der Waals surface area contributed by atoms with Gasteiger partial charge in [-0.1, -0.05) is 18.2 Å². The summed E-state index contributed by atoms with van der Waals surface area (Å²) in [5, 5.41) is 6.31. The lowest BCUT2D eigenvalue weighted by molar-refractivity contribution is -0.122. The lowest BCUT2D eigenvalue weighted by atomic mass is 9.75. The van der Waals surface area contributed by atoms with Gasteiger partial charge in [0.05, 0.1) is 0 Å². The van der Waals surface area contributed by atoms with E-state index in [1.54, 1.807) is 6.07 Å². The second-order valence-corrected chi connectivity index (χ2v) is 6.89. The van der Waals surface area contributed by atoms with Gasteiger partial charge in [-0.25, -0.2) is 4.39 Å². The van der Waals surface area contributed by atoms with Gasteiger partial charge in [0.2, 0.25) is 5.91 Å². The van der Waals surface area contributed by atoms with Gasteiger partial charge in [0.15, 0.2) is 0 Å². The summed E-state index contributed by atoms with van der Waals surface area (Å²) < 4.78 is 13.6. The molecule has 0 heterocycles. The summed E-state index contributed by atoms with van der Waals surface area (Å²) >= 11 is 0. The van der Waals surface area contributed by atoms with E-state index in [1.807, 2.05) is 32.9 Å². The van der Waals surface area contributed by atoms with E-state index in [2.05, 4.69) is 10.6 Å². The highest BCUT2D eigenvalue weighted by Gasteiger charge is 2.31. The fourth-order valence-corrected chi connectivity index (χ4v) is 2.72. The molecule has 2 N–H and O–H groups in total. The van der Waals surface area contributed by atoms with Gasteiger partial charge in [0.25, 0.3) is 0 Å². The van der Waals surface area contributed by atoms with Crippen molar-refractivity contribution in [3.05, 3.63) is 35.6 Å². The largest absolute Gasteiger partial charge is 0.351 e. The van der Waals surface area contributed by atoms with E-state index in [0.717, 1.165) is 18.4 Å². The summed E-state index contributed by atoms with van der Waals surface area (Å²) in [5.74, 6) is 0.276. The third-order valence-corrected chi connectivity index (χ3v) is 3.78. The van der Waals surface area contributed by atoms with Crippen LogP contribution in [0.25, 0.3) is 0 Å². The summed E-state index contributed by atoms with van der Waals surface area (Å²) in [4.78, 5) is 11.7. The predicted molar refractivity (Wildman–Crippen MR) is 82.7 cm³/mol. The molecule has 1 fully saturated rings. The molecule has 0 radical (unpaired) electrons. The van der Waals surface area contributed by atoms with Crippen molar-refractivity contribution in [2.24, 2.45) is 0 Å². The zero-order chi connectivity index (χ0) is 15.5. The lowest BCUT2D eigenvalue weighted by Gasteiger charge is -2.36. The first-order valence-corrected chi connectivity index (χ1v) is 7.64. The average Bonchev–Trinajstić information content (AvgIpc) is 2.31. The van der Waals surface area contributed by atoms with Crippen LogP contribution < -0.4 is 10.6 Å². The Hall–Kier alpha value is -1.42. The smallest absolute Gasteiger partial charge is 0.221 e. The van der Waals surface area contributed by atoms with Gasteiger partial charge in [0, 0.05) is 24.5 Å². The highest BCUT2D eigenvalue weighted by atomic mass is 19.1. The van der Waals surface area contributed by atoms with E-state index in [9.17, 15) is 9.18 Å². The number of halogens is 1. The van der Waals surface area contributed by atoms with Crippen molar-refractivity contribution in [2.75, 3.05) is 6.54 Å². The van der Waals surface area contributed by atoms with Crippen LogP contribution in [0.2, 0.25) is 0 Å². The maximum Gasteiger partial charge on any atom is 0.221 e. The summed E-state index contributed by atoms with van der Waals surface area (Å²) in [6.45, 7) is 6.60. The minimum atomic E-state index is -0.177. The standard InChI is InChI=1S/C17H25FN2O/c1-17(2,3)20-16(21)8-9-19-13-10-12(11-13)14-6-4-5-7-15(14)18/h4-7,12-13,19H,8-11H2,1-3H3,(H,20,21). The molecule has 1 aromatic carbocycles. The molecule has 0 spiro atoms. The van der Waals surface area contributed by atoms with Gasteiger partial charge in [-0.2, -0.15) is 0 Å². The number of nitrogens with one attached hydrogen (secondary N) is 2. The molecule has 0 aliphatic heterocycles. The van der Waals surface area contributed by atoms with E-state index in [-0.39, 0.29) is 17.3 Å². The van der Waals surface area contributed by atoms with Crippen LogP contribution in [-0.4, -0.2) is 24.0 Å². The fraction of sp³-hybridized carbons (Fsp3) is 0.588. The normalized spacial score (nSPS) is 21.7. The Morgan fingerprint density at radius 2 is 1.95 bits per heavy atom. The van der Waals surface area contributed by atoms with Crippen LogP contribution in [-0.2, 0) is 4.79 Å². The van der Waals surface area contributed by atoms with Crippen LogP contribution >= 0.6 is 0 Å². The number of rotatable bonds is 5. The Balaban J connectivity index is 1.65. The van der Waals surface area contributed by atoms with Crippen LogP contribution in [0.1, 0.15) is 51.5 Å². The number of carbonyl (C=O) groups is 1. The SMILES string of the molecule is CC(C)(C)NC(=O)CCNC1CC(c2ccccc2F)C1. The van der Waals surface area contributed by atoms with Gasteiger partial charge >= 0.3 is 0 Å². The number of amides is 1. The Bertz CT molecular complexity index is 490. The zero-order valence-electron chi connectivity index (χ0n) is 13.1. The highest BCUT2D eigenvalue weighted by Crippen LogP contribution is 2.37. The molecule has 1 saturated carbocycles. The van der Waals surface area contributed by atoms with Gasteiger partial charge in [-0.3, -0.25) is 4.79 Å². The molecule has 2 rings (SSSR count). The minimum Gasteiger partial charge on any atom is -0.351 e. The first-order chi connectivity index (χ1) is 9.85. The molecule has 116 valence electrons. The first kappa shape index (κ1) is 16.0. The molecule has 0 bridgehead atoms. The van der Waals surface area contributed by atoms with Crippen LogP contribution in [0.3, 0.4) is 0 Å². The molecule has 21 heavy (non-hydrogen) atoms. The molecular weight excluding hydrogens is 267 g/mol. The van der Waals surface area contributed by atoms with E-state index in [1.165, 1.54) is 6.07 Å². The van der Waals surface area contributed by atoms with Gasteiger partial charge in [0.1, 0.15) is 5.82 Å². The van der Waals surface area contributed by atoms with E-state index >= 15 is 0 Å². The summed E-state index contributed by atoms with van der Waals surface area (Å²) in [7, 11) is 0. The van der Waals surface area contributed by atoms with E-state index in [0.29, 0.717) is 24.9 Å². The maximum atomic E-state index is 13.6. The van der Waals surface area contributed by atoms with Crippen molar-refractivity contribution in [3.8, 4) is 0 Å². The highest BCUT2D eigenvalue weighted by molar-refractivity contribution is 5.76. The zero-order valence-corrected chi connectivity index (χ0v) is 13.1. The quantitative estimate of drug-likeness (QED) is 0.876. The Morgan fingerprint density at radius 1 is 1.29 bits per heavy atom. The molecule has 1 aliphatic carbocycles. The van der Waals surface area contributed by atoms with Crippen molar-refractivity contribution in [1.29, 1.82) is 0 Å². The van der Waals surface area contributed by atoms with Crippen LogP contribution in [0.5, 0.6) is 0 Å². The lowest BCUT2D eigenvalue weighted by Crippen LogP contribution is -2.44. The summed E-state index contributed by atoms with van der Waals surface area (Å²) in [6.07, 6.45) is 2.38. The number of benzene rings is 1. The topological polar surface area (TPSA) is 41.1 Å². The molecule has 1 amide bonds. The van der Waals surface area contributed by atoms with Crippen molar-refractivity contribution in [2.45, 2.75) is 57.5 Å². The third-order valence-electron chi connectivity index (χ3n) is 3.78. The predicted octanol–water partition coefficient (Wildman–Crippen LogP) is 2.97. The Labute approximate surface area is 126 Å². The van der Waals surface area contributed by atoms with Gasteiger partial charge in [-0.05, 0) is 51.2 Å². The molecule has 1 aromatic rings. The van der Waals surface area contributed by atoms with Crippen molar-refractivity contribution in [1.82, 2.24) is 10.6 Å². The number of hydrogen-bond donors (Lipinski definition) is 2. The van der Waals surface area contributed by atoms with Crippen molar-refractivity contribution in [3.63, 3.8) is 0 Å². The minimum absolute atomic E-state index is 0.0694. The monoisotopic (exact) mass is 292 g/mol.